The molecule has 2 aliphatic rings. The molecule has 1 aromatic rings. The van der Waals surface area contributed by atoms with Crippen LogP contribution in [0.1, 0.15) is 0 Å². The summed E-state index contributed by atoms with van der Waals surface area (Å²) in [5.41, 5.74) is 0. The van der Waals surface area contributed by atoms with Crippen LogP contribution in [-0.2, 0) is 10.0 Å². The summed E-state index contributed by atoms with van der Waals surface area (Å²) in [5, 5.41) is 0. The lowest BCUT2D eigenvalue weighted by atomic mass is 10.3. The van der Waals surface area contributed by atoms with E-state index < -0.39 is 10.0 Å². The van der Waals surface area contributed by atoms with E-state index in [1.54, 1.807) is 22.5 Å². The van der Waals surface area contributed by atoms with E-state index in [0.29, 0.717) is 37.8 Å². The van der Waals surface area contributed by atoms with Crippen LogP contribution in [0.3, 0.4) is 0 Å². The van der Waals surface area contributed by atoms with Crippen molar-refractivity contribution in [2.24, 2.45) is 0 Å². The highest BCUT2D eigenvalue weighted by Gasteiger charge is 2.29. The number of nitrogens with zero attached hydrogens (tertiary/aromatic N) is 3. The van der Waals surface area contributed by atoms with Gasteiger partial charge in [0, 0.05) is 45.3 Å². The van der Waals surface area contributed by atoms with Crippen molar-refractivity contribution in [2.75, 3.05) is 66.6 Å². The zero-order chi connectivity index (χ0) is 17.2. The molecule has 0 amide bonds. The van der Waals surface area contributed by atoms with Crippen LogP contribution >= 0.6 is 0 Å². The lowest BCUT2D eigenvalue weighted by Crippen LogP contribution is -2.49. The summed E-state index contributed by atoms with van der Waals surface area (Å²) in [5.74, 6) is 1.11. The first kappa shape index (κ1) is 17.5. The maximum Gasteiger partial charge on any atom is 0.243 e. The molecule has 2 heterocycles. The molecule has 1 saturated heterocycles. The van der Waals surface area contributed by atoms with Gasteiger partial charge in [0.25, 0.3) is 0 Å². The molecule has 2 aliphatic heterocycles. The summed E-state index contributed by atoms with van der Waals surface area (Å²) >= 11 is 0. The lowest BCUT2D eigenvalue weighted by Gasteiger charge is -2.34. The van der Waals surface area contributed by atoms with E-state index >= 15 is 0 Å². The van der Waals surface area contributed by atoms with Gasteiger partial charge in [-0.05, 0) is 26.2 Å². The number of sulfonamides is 1. The van der Waals surface area contributed by atoms with E-state index in [-0.39, 0.29) is 4.90 Å². The average Bonchev–Trinajstić information content (AvgIpc) is 2.60. The Balaban J connectivity index is 1.66. The normalized spacial score (nSPS) is 19.6. The molecular formula is C16H25N3O4S. The number of hydrogen-bond acceptors (Lipinski definition) is 6. The van der Waals surface area contributed by atoms with Crippen molar-refractivity contribution in [3.8, 4) is 11.5 Å². The Bertz CT molecular complexity index is 670. The van der Waals surface area contributed by atoms with Gasteiger partial charge in [0.05, 0.1) is 4.90 Å². The van der Waals surface area contributed by atoms with Crippen molar-refractivity contribution < 1.29 is 17.9 Å². The van der Waals surface area contributed by atoms with Crippen LogP contribution in [-0.4, -0.2) is 89.1 Å². The molecule has 3 rings (SSSR count). The highest BCUT2D eigenvalue weighted by molar-refractivity contribution is 7.89. The molecule has 0 N–H and O–H groups in total. The zero-order valence-corrected chi connectivity index (χ0v) is 15.1. The second-order valence-corrected chi connectivity index (χ2v) is 8.29. The SMILES string of the molecule is CN(C)CCN1CCN(S(=O)(=O)c2ccc3c(c2)OCCO3)CC1. The van der Waals surface area contributed by atoms with Crippen LogP contribution in [0.5, 0.6) is 11.5 Å². The van der Waals surface area contributed by atoms with Crippen molar-refractivity contribution in [1.29, 1.82) is 0 Å². The summed E-state index contributed by atoms with van der Waals surface area (Å²) in [6.07, 6.45) is 0. The minimum Gasteiger partial charge on any atom is -0.486 e. The Labute approximate surface area is 143 Å². The second kappa shape index (κ2) is 7.26. The largest absolute Gasteiger partial charge is 0.486 e. The molecule has 1 aromatic carbocycles. The van der Waals surface area contributed by atoms with Crippen LogP contribution in [0.2, 0.25) is 0 Å². The summed E-state index contributed by atoms with van der Waals surface area (Å²) < 4.78 is 38.2. The first-order valence-corrected chi connectivity index (χ1v) is 9.68. The van der Waals surface area contributed by atoms with Gasteiger partial charge in [-0.2, -0.15) is 4.31 Å². The van der Waals surface area contributed by atoms with Gasteiger partial charge in [0.15, 0.2) is 11.5 Å². The fourth-order valence-corrected chi connectivity index (χ4v) is 4.31. The van der Waals surface area contributed by atoms with Crippen molar-refractivity contribution in [1.82, 2.24) is 14.1 Å². The highest BCUT2D eigenvalue weighted by atomic mass is 32.2. The number of likely N-dealkylation sites (N-methyl/N-ethyl adjacent to an activating group) is 1. The number of hydrogen-bond donors (Lipinski definition) is 0. The Hall–Kier alpha value is -1.35. The van der Waals surface area contributed by atoms with E-state index in [1.165, 1.54) is 0 Å². The van der Waals surface area contributed by atoms with Crippen LogP contribution < -0.4 is 9.47 Å². The molecule has 0 bridgehead atoms. The topological polar surface area (TPSA) is 62.3 Å². The maximum atomic E-state index is 12.8. The van der Waals surface area contributed by atoms with Crippen LogP contribution in [0.15, 0.2) is 23.1 Å². The Morgan fingerprint density at radius 1 is 1.04 bits per heavy atom. The Morgan fingerprint density at radius 3 is 2.38 bits per heavy atom. The summed E-state index contributed by atoms with van der Waals surface area (Å²) in [6.45, 7) is 5.44. The monoisotopic (exact) mass is 355 g/mol. The molecule has 8 heteroatoms. The molecule has 0 aliphatic carbocycles. The quantitative estimate of drug-likeness (QED) is 0.758. The molecular weight excluding hydrogens is 330 g/mol. The van der Waals surface area contributed by atoms with Gasteiger partial charge in [0.1, 0.15) is 13.2 Å². The van der Waals surface area contributed by atoms with Crippen molar-refractivity contribution in [2.45, 2.75) is 4.90 Å². The van der Waals surface area contributed by atoms with Crippen molar-refractivity contribution in [3.63, 3.8) is 0 Å². The van der Waals surface area contributed by atoms with Gasteiger partial charge in [-0.3, -0.25) is 4.90 Å². The van der Waals surface area contributed by atoms with Gasteiger partial charge in [-0.15, -0.1) is 0 Å². The fourth-order valence-electron chi connectivity index (χ4n) is 2.87. The van der Waals surface area contributed by atoms with Crippen LogP contribution in [0.25, 0.3) is 0 Å². The van der Waals surface area contributed by atoms with Gasteiger partial charge in [0.2, 0.25) is 10.0 Å². The van der Waals surface area contributed by atoms with Crippen LogP contribution in [0, 0.1) is 0 Å². The molecule has 24 heavy (non-hydrogen) atoms. The third-order valence-corrected chi connectivity index (χ3v) is 6.24. The Morgan fingerprint density at radius 2 is 1.71 bits per heavy atom. The number of fused-ring (bicyclic) bond motifs is 1. The lowest BCUT2D eigenvalue weighted by molar-refractivity contribution is 0.170. The highest BCUT2D eigenvalue weighted by Crippen LogP contribution is 2.33. The van der Waals surface area contributed by atoms with E-state index in [2.05, 4.69) is 9.80 Å². The van der Waals surface area contributed by atoms with Gasteiger partial charge >= 0.3 is 0 Å². The minimum atomic E-state index is -3.49. The molecule has 0 radical (unpaired) electrons. The smallest absolute Gasteiger partial charge is 0.243 e. The zero-order valence-electron chi connectivity index (χ0n) is 14.3. The fraction of sp³-hybridized carbons (Fsp3) is 0.625. The number of ether oxygens (including phenoxy) is 2. The molecule has 7 nitrogen and oxygen atoms in total. The molecule has 0 unspecified atom stereocenters. The van der Waals surface area contributed by atoms with E-state index in [4.69, 9.17) is 9.47 Å². The number of benzene rings is 1. The molecule has 0 aromatic heterocycles. The first-order chi connectivity index (χ1) is 11.5. The van der Waals surface area contributed by atoms with Gasteiger partial charge < -0.3 is 14.4 Å². The van der Waals surface area contributed by atoms with Crippen molar-refractivity contribution >= 4 is 10.0 Å². The molecule has 1 fully saturated rings. The predicted molar refractivity (Wildman–Crippen MR) is 91.2 cm³/mol. The van der Waals surface area contributed by atoms with Gasteiger partial charge in [-0.25, -0.2) is 8.42 Å². The number of rotatable bonds is 5. The first-order valence-electron chi connectivity index (χ1n) is 8.24. The van der Waals surface area contributed by atoms with Gasteiger partial charge in [-0.1, -0.05) is 0 Å². The van der Waals surface area contributed by atoms with E-state index in [0.717, 1.165) is 26.2 Å². The van der Waals surface area contributed by atoms with Crippen LogP contribution in [0.4, 0.5) is 0 Å². The molecule has 0 saturated carbocycles. The second-order valence-electron chi connectivity index (χ2n) is 6.35. The van der Waals surface area contributed by atoms with E-state index in [1.807, 2.05) is 14.1 Å². The van der Waals surface area contributed by atoms with Crippen molar-refractivity contribution in [3.05, 3.63) is 18.2 Å². The molecule has 134 valence electrons. The predicted octanol–water partition coefficient (Wildman–Crippen LogP) is 0.326. The summed E-state index contributed by atoms with van der Waals surface area (Å²) in [4.78, 5) is 4.71. The summed E-state index contributed by atoms with van der Waals surface area (Å²) in [7, 11) is 0.599. The Kier molecular flexibility index (Phi) is 5.29. The minimum absolute atomic E-state index is 0.272. The average molecular weight is 355 g/mol. The third kappa shape index (κ3) is 3.83. The molecule has 0 spiro atoms. The molecule has 0 atom stereocenters. The summed E-state index contributed by atoms with van der Waals surface area (Å²) in [6, 6.07) is 4.85. The maximum absolute atomic E-state index is 12.8. The van der Waals surface area contributed by atoms with E-state index in [9.17, 15) is 8.42 Å². The number of piperazine rings is 1. The standard InChI is InChI=1S/C16H25N3O4S/c1-17(2)5-6-18-7-9-19(10-8-18)24(20,21)14-3-4-15-16(13-14)23-12-11-22-15/h3-4,13H,5-12H2,1-2H3. The third-order valence-electron chi connectivity index (χ3n) is 4.35.